The molecule has 1 aromatic carbocycles. The van der Waals surface area contributed by atoms with Crippen LogP contribution < -0.4 is 10.6 Å². The van der Waals surface area contributed by atoms with Crippen molar-refractivity contribution >= 4 is 35.0 Å². The molecule has 3 rings (SSSR count). The third kappa shape index (κ3) is 2.90. The number of nitrogens with zero attached hydrogens (tertiary/aromatic N) is 2. The second kappa shape index (κ2) is 6.17. The molecule has 108 valence electrons. The summed E-state index contributed by atoms with van der Waals surface area (Å²) in [6.45, 7) is 3.21. The first-order valence-electron chi connectivity index (χ1n) is 6.20. The first kappa shape index (κ1) is 14.7. The number of rotatable bonds is 2. The summed E-state index contributed by atoms with van der Waals surface area (Å²) in [6, 6.07) is 5.06. The van der Waals surface area contributed by atoms with E-state index in [1.807, 2.05) is 13.0 Å². The van der Waals surface area contributed by atoms with Gasteiger partial charge in [-0.05, 0) is 25.1 Å². The number of ether oxygens (including phenoxy) is 1. The van der Waals surface area contributed by atoms with Crippen LogP contribution in [0.15, 0.2) is 18.2 Å². The number of carbonyl (C=O) groups excluding carboxylic acids is 1. The van der Waals surface area contributed by atoms with E-state index < -0.39 is 0 Å². The summed E-state index contributed by atoms with van der Waals surface area (Å²) in [6.07, 6.45) is -0.135. The molecule has 1 fully saturated rings. The van der Waals surface area contributed by atoms with E-state index >= 15 is 0 Å². The zero-order valence-corrected chi connectivity index (χ0v) is 11.7. The number of anilines is 1. The van der Waals surface area contributed by atoms with E-state index in [2.05, 4.69) is 26.0 Å². The number of fused-ring (bicyclic) bond motifs is 1. The van der Waals surface area contributed by atoms with Gasteiger partial charge in [0.25, 0.3) is 0 Å². The molecule has 7 nitrogen and oxygen atoms in total. The van der Waals surface area contributed by atoms with Gasteiger partial charge in [-0.15, -0.1) is 12.4 Å². The van der Waals surface area contributed by atoms with Crippen molar-refractivity contribution in [3.8, 4) is 0 Å². The van der Waals surface area contributed by atoms with Gasteiger partial charge < -0.3 is 15.4 Å². The van der Waals surface area contributed by atoms with Crippen molar-refractivity contribution in [2.75, 3.05) is 18.5 Å². The van der Waals surface area contributed by atoms with Crippen molar-refractivity contribution < 1.29 is 9.53 Å². The van der Waals surface area contributed by atoms with Gasteiger partial charge >= 0.3 is 0 Å². The lowest BCUT2D eigenvalue weighted by atomic mass is 10.1. The van der Waals surface area contributed by atoms with E-state index in [0.717, 1.165) is 11.0 Å². The fourth-order valence-corrected chi connectivity index (χ4v) is 2.17. The molecular formula is C12H16ClN5O2. The number of amides is 1. The van der Waals surface area contributed by atoms with Crippen LogP contribution in [-0.4, -0.2) is 46.6 Å². The summed E-state index contributed by atoms with van der Waals surface area (Å²) in [4.78, 5) is 12.2. The lowest BCUT2D eigenvalue weighted by Crippen LogP contribution is -2.53. The Labute approximate surface area is 121 Å². The Morgan fingerprint density at radius 3 is 3.00 bits per heavy atom. The van der Waals surface area contributed by atoms with Gasteiger partial charge in [0.2, 0.25) is 5.91 Å². The van der Waals surface area contributed by atoms with E-state index in [0.29, 0.717) is 18.8 Å². The van der Waals surface area contributed by atoms with E-state index in [1.54, 1.807) is 12.1 Å². The minimum Gasteiger partial charge on any atom is -0.375 e. The van der Waals surface area contributed by atoms with Crippen molar-refractivity contribution in [2.45, 2.75) is 19.1 Å². The van der Waals surface area contributed by atoms with E-state index in [9.17, 15) is 4.79 Å². The number of morpholine rings is 1. The highest BCUT2D eigenvalue weighted by Gasteiger charge is 2.28. The van der Waals surface area contributed by atoms with E-state index in [-0.39, 0.29) is 30.5 Å². The third-order valence-electron chi connectivity index (χ3n) is 3.18. The lowest BCUT2D eigenvalue weighted by molar-refractivity contribution is -0.123. The second-order valence-electron chi connectivity index (χ2n) is 4.52. The second-order valence-corrected chi connectivity index (χ2v) is 4.52. The molecule has 0 radical (unpaired) electrons. The molecule has 2 aromatic rings. The molecule has 0 bridgehead atoms. The lowest BCUT2D eigenvalue weighted by Gasteiger charge is -2.29. The first-order chi connectivity index (χ1) is 9.24. The molecule has 3 N–H and O–H groups in total. The molecule has 8 heteroatoms. The normalized spacial score (nSPS) is 22.2. The van der Waals surface area contributed by atoms with E-state index in [1.165, 1.54) is 0 Å². The van der Waals surface area contributed by atoms with Gasteiger partial charge in [-0.25, -0.2) is 0 Å². The van der Waals surface area contributed by atoms with Crippen molar-refractivity contribution in [3.63, 3.8) is 0 Å². The van der Waals surface area contributed by atoms with Gasteiger partial charge in [-0.2, -0.15) is 15.4 Å². The number of hydrogen-bond acceptors (Lipinski definition) is 5. The Bertz CT molecular complexity index is 602. The Morgan fingerprint density at radius 1 is 1.40 bits per heavy atom. The predicted octanol–water partition coefficient (Wildman–Crippen LogP) is 0.695. The van der Waals surface area contributed by atoms with Gasteiger partial charge in [0.15, 0.2) is 0 Å². The Balaban J connectivity index is 0.00000147. The van der Waals surface area contributed by atoms with Gasteiger partial charge in [0.1, 0.15) is 17.1 Å². The zero-order chi connectivity index (χ0) is 13.2. The number of hydrogen-bond donors (Lipinski definition) is 3. The number of H-pyrrole nitrogens is 1. The SMILES string of the molecule is C[C@H]1OCCN[C@@H]1C(=O)Nc1ccc2n[nH]nc2c1.Cl. The highest BCUT2D eigenvalue weighted by Crippen LogP contribution is 2.16. The van der Waals surface area contributed by atoms with Crippen molar-refractivity contribution in [1.82, 2.24) is 20.7 Å². The molecule has 1 aliphatic heterocycles. The Kier molecular flexibility index (Phi) is 4.53. The number of aromatic nitrogens is 3. The maximum absolute atomic E-state index is 12.2. The average molecular weight is 298 g/mol. The van der Waals surface area contributed by atoms with Gasteiger partial charge in [0, 0.05) is 12.2 Å². The predicted molar refractivity (Wildman–Crippen MR) is 77.0 cm³/mol. The van der Waals surface area contributed by atoms with Crippen molar-refractivity contribution in [1.29, 1.82) is 0 Å². The van der Waals surface area contributed by atoms with Crippen LogP contribution in [0.25, 0.3) is 11.0 Å². The highest BCUT2D eigenvalue weighted by atomic mass is 35.5. The molecule has 2 atom stereocenters. The third-order valence-corrected chi connectivity index (χ3v) is 3.18. The first-order valence-corrected chi connectivity index (χ1v) is 6.20. The topological polar surface area (TPSA) is 91.9 Å². The van der Waals surface area contributed by atoms with E-state index in [4.69, 9.17) is 4.74 Å². The molecule has 1 aromatic heterocycles. The average Bonchev–Trinajstić information content (AvgIpc) is 2.86. The molecule has 0 spiro atoms. The molecule has 0 aliphatic carbocycles. The van der Waals surface area contributed by atoms with Crippen LogP contribution in [0.3, 0.4) is 0 Å². The van der Waals surface area contributed by atoms with Crippen LogP contribution >= 0.6 is 12.4 Å². The number of halogens is 1. The smallest absolute Gasteiger partial charge is 0.244 e. The minimum absolute atomic E-state index is 0. The molecule has 0 unspecified atom stereocenters. The fraction of sp³-hybridized carbons (Fsp3) is 0.417. The summed E-state index contributed by atoms with van der Waals surface area (Å²) < 4.78 is 5.46. The summed E-state index contributed by atoms with van der Waals surface area (Å²) in [5, 5.41) is 16.5. The fourth-order valence-electron chi connectivity index (χ4n) is 2.17. The van der Waals surface area contributed by atoms with Gasteiger partial charge in [-0.1, -0.05) is 0 Å². The minimum atomic E-state index is -0.332. The van der Waals surface area contributed by atoms with Crippen molar-refractivity contribution in [3.05, 3.63) is 18.2 Å². The maximum Gasteiger partial charge on any atom is 0.244 e. The largest absolute Gasteiger partial charge is 0.375 e. The van der Waals surface area contributed by atoms with Crippen LogP contribution in [-0.2, 0) is 9.53 Å². The molecule has 2 heterocycles. The molecule has 1 saturated heterocycles. The van der Waals surface area contributed by atoms with Gasteiger partial charge in [-0.3, -0.25) is 4.79 Å². The molecule has 1 amide bonds. The summed E-state index contributed by atoms with van der Waals surface area (Å²) in [5.41, 5.74) is 2.19. The monoisotopic (exact) mass is 297 g/mol. The molecule has 20 heavy (non-hydrogen) atoms. The highest BCUT2D eigenvalue weighted by molar-refractivity contribution is 5.96. The Morgan fingerprint density at radius 2 is 2.20 bits per heavy atom. The maximum atomic E-state index is 12.2. The van der Waals surface area contributed by atoms with Crippen LogP contribution in [0, 0.1) is 0 Å². The molecule has 1 aliphatic rings. The zero-order valence-electron chi connectivity index (χ0n) is 10.9. The number of carbonyl (C=O) groups is 1. The summed E-state index contributed by atoms with van der Waals surface area (Å²) in [5.74, 6) is -0.102. The summed E-state index contributed by atoms with van der Waals surface area (Å²) in [7, 11) is 0. The van der Waals surface area contributed by atoms with Gasteiger partial charge in [0.05, 0.1) is 12.7 Å². The summed E-state index contributed by atoms with van der Waals surface area (Å²) >= 11 is 0. The van der Waals surface area contributed by atoms with Crippen LogP contribution in [0.2, 0.25) is 0 Å². The number of aromatic amines is 1. The number of benzene rings is 1. The Hall–Kier alpha value is -1.70. The molecular weight excluding hydrogens is 282 g/mol. The van der Waals surface area contributed by atoms with Crippen molar-refractivity contribution in [2.24, 2.45) is 0 Å². The quantitative estimate of drug-likeness (QED) is 0.759. The molecule has 0 saturated carbocycles. The van der Waals surface area contributed by atoms with Crippen LogP contribution in [0.5, 0.6) is 0 Å². The van der Waals surface area contributed by atoms with Crippen LogP contribution in [0.4, 0.5) is 5.69 Å². The standard InChI is InChI=1S/C12H15N5O2.ClH/c1-7-11(13-4-5-19-7)12(18)14-8-2-3-9-10(6-8)16-17-15-9;/h2-3,6-7,11,13H,4-5H2,1H3,(H,14,18)(H,15,16,17);1H/t7-,11+;/m1./s1. The number of nitrogens with one attached hydrogen (secondary N) is 3. The van der Waals surface area contributed by atoms with Crippen LogP contribution in [0.1, 0.15) is 6.92 Å².